The highest BCUT2D eigenvalue weighted by atomic mass is 31.2. The lowest BCUT2D eigenvalue weighted by Crippen LogP contribution is -2.29. The average Bonchev–Trinajstić information content (AvgIpc) is 3.21. The lowest BCUT2D eigenvalue weighted by molar-refractivity contribution is -0.161. The van der Waals surface area contributed by atoms with Gasteiger partial charge in [-0.25, -0.2) is 4.57 Å². The minimum Gasteiger partial charge on any atom is -0.462 e. The van der Waals surface area contributed by atoms with Crippen LogP contribution in [0.5, 0.6) is 0 Å². The molecule has 340 valence electrons. The number of aliphatic hydroxyl groups is 2. The molecule has 3 N–H and O–H groups in total. The van der Waals surface area contributed by atoms with Crippen LogP contribution in [0.1, 0.15) is 213 Å². The molecule has 0 amide bonds. The molecule has 58 heavy (non-hydrogen) atoms. The fourth-order valence-corrected chi connectivity index (χ4v) is 7.27. The molecule has 0 rings (SSSR count). The van der Waals surface area contributed by atoms with Crippen LogP contribution in [0.15, 0.2) is 36.5 Å². The van der Waals surface area contributed by atoms with Crippen molar-refractivity contribution in [1.82, 2.24) is 0 Å². The number of unbranched alkanes of at least 4 members (excludes halogenated alkanes) is 24. The Bertz CT molecular complexity index is 1060. The first-order valence-corrected chi connectivity index (χ1v) is 24.9. The third-order valence-electron chi connectivity index (χ3n) is 10.1. The van der Waals surface area contributed by atoms with Crippen molar-refractivity contribution < 1.29 is 47.8 Å². The summed E-state index contributed by atoms with van der Waals surface area (Å²) in [6, 6.07) is 0. The molecular weight excluding hydrogens is 755 g/mol. The van der Waals surface area contributed by atoms with E-state index >= 15 is 0 Å². The largest absolute Gasteiger partial charge is 0.472 e. The van der Waals surface area contributed by atoms with Crippen molar-refractivity contribution in [2.75, 3.05) is 26.4 Å². The van der Waals surface area contributed by atoms with Crippen LogP contribution in [-0.4, -0.2) is 65.7 Å². The van der Waals surface area contributed by atoms with Crippen molar-refractivity contribution in [1.29, 1.82) is 0 Å². The molecule has 1 unspecified atom stereocenters. The molecule has 0 aliphatic heterocycles. The second-order valence-electron chi connectivity index (χ2n) is 15.8. The highest BCUT2D eigenvalue weighted by Gasteiger charge is 2.27. The van der Waals surface area contributed by atoms with E-state index in [1.165, 1.54) is 103 Å². The van der Waals surface area contributed by atoms with E-state index in [4.69, 9.17) is 23.6 Å². The lowest BCUT2D eigenvalue weighted by atomic mass is 10.0. The quantitative estimate of drug-likeness (QED) is 0.0234. The van der Waals surface area contributed by atoms with Gasteiger partial charge in [0.1, 0.15) is 12.7 Å². The zero-order valence-electron chi connectivity index (χ0n) is 37.0. The maximum absolute atomic E-state index is 12.6. The highest BCUT2D eigenvalue weighted by Crippen LogP contribution is 2.43. The molecule has 0 aliphatic carbocycles. The van der Waals surface area contributed by atoms with E-state index in [1.807, 2.05) is 0 Å². The fraction of sp³-hybridized carbons (Fsp3) is 0.830. The predicted octanol–water partition coefficient (Wildman–Crippen LogP) is 12.7. The van der Waals surface area contributed by atoms with E-state index in [0.29, 0.717) is 12.8 Å². The number of phosphoric ester groups is 1. The number of esters is 2. The molecule has 10 nitrogen and oxygen atoms in total. The number of hydrogen-bond donors (Lipinski definition) is 3. The summed E-state index contributed by atoms with van der Waals surface area (Å²) in [4.78, 5) is 35.1. The van der Waals surface area contributed by atoms with Gasteiger partial charge in [0, 0.05) is 12.8 Å². The van der Waals surface area contributed by atoms with E-state index in [-0.39, 0.29) is 19.4 Å². The Morgan fingerprint density at radius 2 is 0.948 bits per heavy atom. The van der Waals surface area contributed by atoms with Crippen molar-refractivity contribution in [2.24, 2.45) is 0 Å². The molecule has 0 saturated heterocycles. The van der Waals surface area contributed by atoms with Crippen LogP contribution in [0.4, 0.5) is 0 Å². The average molecular weight is 843 g/mol. The minimum absolute atomic E-state index is 0.184. The summed E-state index contributed by atoms with van der Waals surface area (Å²) < 4.78 is 32.8. The number of carbonyl (C=O) groups is 2. The molecule has 0 aliphatic rings. The van der Waals surface area contributed by atoms with E-state index in [9.17, 15) is 24.2 Å². The van der Waals surface area contributed by atoms with Crippen LogP contribution in [0, 0.1) is 0 Å². The summed E-state index contributed by atoms with van der Waals surface area (Å²) in [6.45, 7) is 2.28. The van der Waals surface area contributed by atoms with Gasteiger partial charge >= 0.3 is 19.8 Å². The SMILES string of the molecule is CC/C=C/C/C=C/C/C=C/CCCCCCCC(=O)OC[C@H](COP(=O)(O)OC[C@@H](O)CO)OC(=O)CCCCCCCCCCCCCCCCCCCCCC. The van der Waals surface area contributed by atoms with Crippen molar-refractivity contribution in [3.63, 3.8) is 0 Å². The van der Waals surface area contributed by atoms with Gasteiger partial charge in [-0.1, -0.05) is 192 Å². The minimum atomic E-state index is -4.62. The zero-order valence-corrected chi connectivity index (χ0v) is 37.9. The highest BCUT2D eigenvalue weighted by molar-refractivity contribution is 7.47. The fourth-order valence-electron chi connectivity index (χ4n) is 6.48. The molecule has 3 atom stereocenters. The Balaban J connectivity index is 4.22. The van der Waals surface area contributed by atoms with Gasteiger partial charge in [0.25, 0.3) is 0 Å². The number of allylic oxidation sites excluding steroid dienone is 6. The van der Waals surface area contributed by atoms with Crippen molar-refractivity contribution in [3.8, 4) is 0 Å². The van der Waals surface area contributed by atoms with Crippen LogP contribution in [0.2, 0.25) is 0 Å². The molecule has 0 bridgehead atoms. The monoisotopic (exact) mass is 843 g/mol. The standard InChI is InChI=1S/C47H87O10P/c1-3-5-7-9-11-13-15-17-19-20-21-22-23-25-27-29-31-33-35-37-39-47(51)57-45(43-56-58(52,53)55-41-44(49)40-48)42-54-46(50)38-36-34-32-30-28-26-24-18-16-14-12-10-8-6-4-2/h6,8,12,14,18,24,44-45,48-49H,3-5,7,9-11,13,15-17,19-23,25-43H2,1-2H3,(H,52,53)/b8-6+,14-12+,24-18+/t44-,45+/m0/s1. The van der Waals surface area contributed by atoms with Crippen LogP contribution in [0.3, 0.4) is 0 Å². The van der Waals surface area contributed by atoms with Crippen molar-refractivity contribution in [3.05, 3.63) is 36.5 Å². The number of ether oxygens (including phenoxy) is 2. The maximum atomic E-state index is 12.6. The van der Waals surface area contributed by atoms with Crippen LogP contribution < -0.4 is 0 Å². The predicted molar refractivity (Wildman–Crippen MR) is 238 cm³/mol. The number of carbonyl (C=O) groups excluding carboxylic acids is 2. The first kappa shape index (κ1) is 56.2. The molecule has 0 aromatic heterocycles. The number of phosphoric acid groups is 1. The second kappa shape index (κ2) is 43.3. The third kappa shape index (κ3) is 42.3. The third-order valence-corrected chi connectivity index (χ3v) is 11.0. The summed E-state index contributed by atoms with van der Waals surface area (Å²) >= 11 is 0. The molecule has 0 radical (unpaired) electrons. The van der Waals surface area contributed by atoms with Crippen molar-refractivity contribution >= 4 is 19.8 Å². The lowest BCUT2D eigenvalue weighted by Gasteiger charge is -2.20. The number of aliphatic hydroxyl groups excluding tert-OH is 2. The summed E-state index contributed by atoms with van der Waals surface area (Å²) in [6.07, 6.45) is 45.4. The Morgan fingerprint density at radius 1 is 0.534 bits per heavy atom. The molecule has 11 heteroatoms. The topological polar surface area (TPSA) is 149 Å². The van der Waals surface area contributed by atoms with Gasteiger partial charge in [-0.15, -0.1) is 0 Å². The van der Waals surface area contributed by atoms with Crippen LogP contribution in [0.25, 0.3) is 0 Å². The smallest absolute Gasteiger partial charge is 0.462 e. The van der Waals surface area contributed by atoms with Crippen molar-refractivity contribution in [2.45, 2.75) is 225 Å². The molecular formula is C47H87O10P. The Morgan fingerprint density at radius 3 is 1.43 bits per heavy atom. The zero-order chi connectivity index (χ0) is 42.6. The van der Waals surface area contributed by atoms with E-state index < -0.39 is 51.8 Å². The molecule has 0 fully saturated rings. The van der Waals surface area contributed by atoms with Gasteiger partial charge in [-0.3, -0.25) is 18.6 Å². The summed E-state index contributed by atoms with van der Waals surface area (Å²) in [7, 11) is -4.62. The molecule has 0 aromatic rings. The number of hydrogen-bond acceptors (Lipinski definition) is 9. The molecule has 0 spiro atoms. The summed E-state index contributed by atoms with van der Waals surface area (Å²) in [5.41, 5.74) is 0. The van der Waals surface area contributed by atoms with Gasteiger partial charge in [0.05, 0.1) is 19.8 Å². The number of rotatable bonds is 44. The van der Waals surface area contributed by atoms with Gasteiger partial charge in [-0.05, 0) is 44.9 Å². The Kier molecular flexibility index (Phi) is 41.9. The van der Waals surface area contributed by atoms with Gasteiger partial charge in [0.15, 0.2) is 6.10 Å². The van der Waals surface area contributed by atoms with Gasteiger partial charge in [-0.2, -0.15) is 0 Å². The summed E-state index contributed by atoms with van der Waals surface area (Å²) in [5, 5.41) is 18.4. The second-order valence-corrected chi connectivity index (χ2v) is 17.2. The Labute approximate surface area is 354 Å². The first-order chi connectivity index (χ1) is 28.2. The molecule has 0 aromatic carbocycles. The first-order valence-electron chi connectivity index (χ1n) is 23.4. The molecule has 0 heterocycles. The van der Waals surface area contributed by atoms with E-state index in [1.54, 1.807) is 0 Å². The molecule has 0 saturated carbocycles. The van der Waals surface area contributed by atoms with E-state index in [2.05, 4.69) is 50.3 Å². The van der Waals surface area contributed by atoms with Crippen LogP contribution >= 0.6 is 7.82 Å². The maximum Gasteiger partial charge on any atom is 0.472 e. The van der Waals surface area contributed by atoms with Gasteiger partial charge < -0.3 is 24.6 Å². The van der Waals surface area contributed by atoms with E-state index in [0.717, 1.165) is 70.6 Å². The summed E-state index contributed by atoms with van der Waals surface area (Å²) in [5.74, 6) is -0.937. The normalized spacial score (nSPS) is 14.1. The van der Waals surface area contributed by atoms with Gasteiger partial charge in [0.2, 0.25) is 0 Å². The Hall–Kier alpha value is -1.81. The van der Waals surface area contributed by atoms with Crippen LogP contribution in [-0.2, 0) is 32.7 Å².